The van der Waals surface area contributed by atoms with Gasteiger partial charge in [-0.25, -0.2) is 0 Å². The Morgan fingerprint density at radius 1 is 1.50 bits per heavy atom. The summed E-state index contributed by atoms with van der Waals surface area (Å²) in [6.45, 7) is 0.594. The quantitative estimate of drug-likeness (QED) is 0.682. The largest absolute Gasteiger partial charge is 0.493 e. The number of primary amides is 1. The molecule has 1 atom stereocenters. The highest BCUT2D eigenvalue weighted by atomic mass is 16.5. The maximum absolute atomic E-state index is 10.9. The van der Waals surface area contributed by atoms with Gasteiger partial charge >= 0.3 is 0 Å². The van der Waals surface area contributed by atoms with Crippen LogP contribution >= 0.6 is 0 Å². The Kier molecular flexibility index (Phi) is 2.13. The summed E-state index contributed by atoms with van der Waals surface area (Å²) in [5.74, 6) is 0.232. The number of hydrogen-bond donors (Lipinski definition) is 2. The van der Waals surface area contributed by atoms with E-state index in [1.54, 1.807) is 18.2 Å². The van der Waals surface area contributed by atoms with Gasteiger partial charge < -0.3 is 16.2 Å². The molecule has 74 valence electrons. The van der Waals surface area contributed by atoms with Gasteiger partial charge in [0, 0.05) is 23.6 Å². The second-order valence-electron chi connectivity index (χ2n) is 3.36. The third-order valence-corrected chi connectivity index (χ3v) is 2.38. The minimum atomic E-state index is -0.449. The summed E-state index contributed by atoms with van der Waals surface area (Å²) in [6.07, 6.45) is 0.808. The van der Waals surface area contributed by atoms with Crippen LogP contribution in [0.2, 0.25) is 0 Å². The first-order valence-corrected chi connectivity index (χ1v) is 4.50. The smallest absolute Gasteiger partial charge is 0.248 e. The standard InChI is InChI=1S/C10H12N2O2/c11-8-3-4-14-9-5-6(10(12)13)1-2-7(8)9/h1-2,5,8H,3-4,11H2,(H2,12,13)/t8-/m0/s1. The summed E-state index contributed by atoms with van der Waals surface area (Å²) in [6, 6.07) is 5.13. The summed E-state index contributed by atoms with van der Waals surface area (Å²) < 4.78 is 5.40. The fourth-order valence-corrected chi connectivity index (χ4v) is 1.57. The highest BCUT2D eigenvalue weighted by molar-refractivity contribution is 5.93. The number of nitrogens with two attached hydrogens (primary N) is 2. The molecule has 4 heteroatoms. The van der Waals surface area contributed by atoms with E-state index in [1.807, 2.05) is 0 Å². The zero-order valence-corrected chi connectivity index (χ0v) is 7.69. The van der Waals surface area contributed by atoms with Crippen molar-refractivity contribution in [1.82, 2.24) is 0 Å². The summed E-state index contributed by atoms with van der Waals surface area (Å²) in [7, 11) is 0. The maximum atomic E-state index is 10.9. The van der Waals surface area contributed by atoms with E-state index in [9.17, 15) is 4.79 Å². The van der Waals surface area contributed by atoms with Crippen molar-refractivity contribution in [3.05, 3.63) is 29.3 Å². The predicted octanol–water partition coefficient (Wildman–Crippen LogP) is 0.568. The van der Waals surface area contributed by atoms with Gasteiger partial charge in [-0.2, -0.15) is 0 Å². The van der Waals surface area contributed by atoms with Gasteiger partial charge in [-0.3, -0.25) is 4.79 Å². The number of fused-ring (bicyclic) bond motifs is 1. The van der Waals surface area contributed by atoms with Gasteiger partial charge in [0.1, 0.15) is 5.75 Å². The van der Waals surface area contributed by atoms with Gasteiger partial charge in [0.05, 0.1) is 6.61 Å². The summed E-state index contributed by atoms with van der Waals surface area (Å²) in [5, 5.41) is 0. The molecule has 0 bridgehead atoms. The fourth-order valence-electron chi connectivity index (χ4n) is 1.57. The molecule has 0 aromatic heterocycles. The van der Waals surface area contributed by atoms with E-state index in [2.05, 4.69) is 0 Å². The van der Waals surface area contributed by atoms with E-state index < -0.39 is 5.91 Å². The van der Waals surface area contributed by atoms with Gasteiger partial charge in [-0.05, 0) is 12.1 Å². The molecule has 0 saturated carbocycles. The van der Waals surface area contributed by atoms with Crippen LogP contribution in [0.25, 0.3) is 0 Å². The van der Waals surface area contributed by atoms with E-state index >= 15 is 0 Å². The highest BCUT2D eigenvalue weighted by Gasteiger charge is 2.18. The van der Waals surface area contributed by atoms with Crippen LogP contribution in [0.1, 0.15) is 28.4 Å². The van der Waals surface area contributed by atoms with E-state index in [-0.39, 0.29) is 6.04 Å². The molecule has 4 nitrogen and oxygen atoms in total. The fraction of sp³-hybridized carbons (Fsp3) is 0.300. The lowest BCUT2D eigenvalue weighted by atomic mass is 9.99. The Morgan fingerprint density at radius 2 is 2.29 bits per heavy atom. The molecule has 0 unspecified atom stereocenters. The Balaban J connectivity index is 2.44. The molecule has 2 rings (SSSR count). The number of carbonyl (C=O) groups excluding carboxylic acids is 1. The zero-order valence-electron chi connectivity index (χ0n) is 7.69. The second-order valence-corrected chi connectivity index (χ2v) is 3.36. The first kappa shape index (κ1) is 9.02. The van der Waals surface area contributed by atoms with Crippen molar-refractivity contribution in [2.75, 3.05) is 6.61 Å². The van der Waals surface area contributed by atoms with Crippen LogP contribution in [-0.4, -0.2) is 12.5 Å². The third-order valence-electron chi connectivity index (χ3n) is 2.38. The van der Waals surface area contributed by atoms with Crippen molar-refractivity contribution in [3.8, 4) is 5.75 Å². The van der Waals surface area contributed by atoms with Crippen molar-refractivity contribution >= 4 is 5.91 Å². The molecule has 1 aliphatic heterocycles. The van der Waals surface area contributed by atoms with Crippen molar-refractivity contribution in [2.24, 2.45) is 11.5 Å². The number of hydrogen-bond acceptors (Lipinski definition) is 3. The van der Waals surface area contributed by atoms with Crippen LogP contribution in [0.3, 0.4) is 0 Å². The number of benzene rings is 1. The minimum absolute atomic E-state index is 0.000626. The second kappa shape index (κ2) is 3.31. The van der Waals surface area contributed by atoms with Crippen LogP contribution < -0.4 is 16.2 Å². The van der Waals surface area contributed by atoms with Gasteiger partial charge in [0.15, 0.2) is 0 Å². The van der Waals surface area contributed by atoms with E-state index in [0.717, 1.165) is 12.0 Å². The zero-order chi connectivity index (χ0) is 10.1. The van der Waals surface area contributed by atoms with Gasteiger partial charge in [0.25, 0.3) is 0 Å². The first-order chi connectivity index (χ1) is 6.68. The summed E-state index contributed by atoms with van der Waals surface area (Å²) in [5.41, 5.74) is 12.4. The molecule has 1 heterocycles. The molecule has 0 fully saturated rings. The Hall–Kier alpha value is -1.55. The molecule has 1 amide bonds. The van der Waals surface area contributed by atoms with Gasteiger partial charge in [-0.1, -0.05) is 6.07 Å². The van der Waals surface area contributed by atoms with Crippen LogP contribution in [-0.2, 0) is 0 Å². The molecule has 4 N–H and O–H groups in total. The van der Waals surface area contributed by atoms with Crippen molar-refractivity contribution in [1.29, 1.82) is 0 Å². The third kappa shape index (κ3) is 1.44. The summed E-state index contributed by atoms with van der Waals surface area (Å²) >= 11 is 0. The minimum Gasteiger partial charge on any atom is -0.493 e. The average Bonchev–Trinajstić information content (AvgIpc) is 2.17. The number of carbonyl (C=O) groups is 1. The van der Waals surface area contributed by atoms with E-state index in [0.29, 0.717) is 17.9 Å². The summed E-state index contributed by atoms with van der Waals surface area (Å²) in [4.78, 5) is 10.9. The molecule has 1 aliphatic rings. The molecular formula is C10H12N2O2. The lowest BCUT2D eigenvalue weighted by Crippen LogP contribution is -2.21. The molecule has 14 heavy (non-hydrogen) atoms. The predicted molar refractivity (Wildman–Crippen MR) is 52.0 cm³/mol. The lowest BCUT2D eigenvalue weighted by Gasteiger charge is -2.22. The van der Waals surface area contributed by atoms with Crippen LogP contribution in [0, 0.1) is 0 Å². The van der Waals surface area contributed by atoms with Crippen molar-refractivity contribution in [2.45, 2.75) is 12.5 Å². The molecule has 1 aromatic rings. The first-order valence-electron chi connectivity index (χ1n) is 4.50. The highest BCUT2D eigenvalue weighted by Crippen LogP contribution is 2.30. The topological polar surface area (TPSA) is 78.3 Å². The lowest BCUT2D eigenvalue weighted by molar-refractivity contribution is 0.0999. The Labute approximate surface area is 81.8 Å². The van der Waals surface area contributed by atoms with Crippen LogP contribution in [0.4, 0.5) is 0 Å². The number of rotatable bonds is 1. The molecule has 0 saturated heterocycles. The molecular weight excluding hydrogens is 180 g/mol. The maximum Gasteiger partial charge on any atom is 0.248 e. The molecule has 0 radical (unpaired) electrons. The molecule has 0 aliphatic carbocycles. The van der Waals surface area contributed by atoms with E-state index in [1.165, 1.54) is 0 Å². The van der Waals surface area contributed by atoms with Crippen molar-refractivity contribution < 1.29 is 9.53 Å². The monoisotopic (exact) mass is 192 g/mol. The average molecular weight is 192 g/mol. The van der Waals surface area contributed by atoms with Crippen LogP contribution in [0.5, 0.6) is 5.75 Å². The van der Waals surface area contributed by atoms with Gasteiger partial charge in [-0.15, -0.1) is 0 Å². The number of ether oxygens (including phenoxy) is 1. The van der Waals surface area contributed by atoms with Crippen LogP contribution in [0.15, 0.2) is 18.2 Å². The SMILES string of the molecule is NC(=O)c1ccc2c(c1)OCC[C@@H]2N. The Morgan fingerprint density at radius 3 is 3.00 bits per heavy atom. The Bertz CT molecular complexity index is 376. The van der Waals surface area contributed by atoms with Gasteiger partial charge in [0.2, 0.25) is 5.91 Å². The molecule has 1 aromatic carbocycles. The molecule has 0 spiro atoms. The van der Waals surface area contributed by atoms with E-state index in [4.69, 9.17) is 16.2 Å². The number of amides is 1. The van der Waals surface area contributed by atoms with Crippen molar-refractivity contribution in [3.63, 3.8) is 0 Å². The normalized spacial score (nSPS) is 19.6.